The number of amides is 1. The molecule has 0 aliphatic carbocycles. The normalized spacial score (nSPS) is 11.6. The molecule has 6 nitrogen and oxygen atoms in total. The molecule has 0 aliphatic heterocycles. The summed E-state index contributed by atoms with van der Waals surface area (Å²) in [5, 5.41) is 15.0. The van der Waals surface area contributed by atoms with Crippen molar-refractivity contribution in [1.29, 1.82) is 0 Å². The summed E-state index contributed by atoms with van der Waals surface area (Å²) in [6.45, 7) is 1.90. The molecular formula is C15H21ClN2O4. The zero-order chi connectivity index (χ0) is 16.5. The zero-order valence-electron chi connectivity index (χ0n) is 12.7. The summed E-state index contributed by atoms with van der Waals surface area (Å²) in [6.07, 6.45) is 2.03. The van der Waals surface area contributed by atoms with Crippen molar-refractivity contribution in [2.24, 2.45) is 0 Å². The van der Waals surface area contributed by atoms with Gasteiger partial charge < -0.3 is 20.5 Å². The number of carboxylic acids is 1. The molecule has 122 valence electrons. The van der Waals surface area contributed by atoms with E-state index in [0.717, 1.165) is 12.8 Å². The lowest BCUT2D eigenvalue weighted by Crippen LogP contribution is -2.43. The lowest BCUT2D eigenvalue weighted by atomic mass is 10.1. The number of nitrogens with one attached hydrogen (secondary N) is 2. The summed E-state index contributed by atoms with van der Waals surface area (Å²) in [7, 11) is 1.51. The summed E-state index contributed by atoms with van der Waals surface area (Å²) < 4.78 is 5.16. The van der Waals surface area contributed by atoms with Crippen LogP contribution in [0.4, 0.5) is 5.69 Å². The second-order valence-electron chi connectivity index (χ2n) is 4.80. The number of ether oxygens (including phenoxy) is 1. The first kappa shape index (κ1) is 18.1. The van der Waals surface area contributed by atoms with Crippen LogP contribution in [0.3, 0.4) is 0 Å². The highest BCUT2D eigenvalue weighted by molar-refractivity contribution is 6.30. The largest absolute Gasteiger partial charge is 0.495 e. The molecular weight excluding hydrogens is 308 g/mol. The van der Waals surface area contributed by atoms with Crippen molar-refractivity contribution in [3.05, 3.63) is 23.2 Å². The fourth-order valence-electron chi connectivity index (χ4n) is 1.90. The Labute approximate surface area is 134 Å². The Hall–Kier alpha value is -1.95. The van der Waals surface area contributed by atoms with Gasteiger partial charge in [-0.25, -0.2) is 4.79 Å². The van der Waals surface area contributed by atoms with E-state index in [9.17, 15) is 9.59 Å². The predicted octanol–water partition coefficient (Wildman–Crippen LogP) is 2.52. The minimum Gasteiger partial charge on any atom is -0.495 e. The van der Waals surface area contributed by atoms with E-state index in [4.69, 9.17) is 21.4 Å². The fourth-order valence-corrected chi connectivity index (χ4v) is 2.08. The summed E-state index contributed by atoms with van der Waals surface area (Å²) in [4.78, 5) is 23.0. The van der Waals surface area contributed by atoms with E-state index in [1.165, 1.54) is 7.11 Å². The monoisotopic (exact) mass is 328 g/mol. The van der Waals surface area contributed by atoms with Crippen LogP contribution in [0, 0.1) is 0 Å². The number of carbonyl (C=O) groups excluding carboxylic acids is 1. The summed E-state index contributed by atoms with van der Waals surface area (Å²) in [5.41, 5.74) is 0.575. The zero-order valence-corrected chi connectivity index (χ0v) is 13.4. The van der Waals surface area contributed by atoms with E-state index in [1.807, 2.05) is 6.92 Å². The van der Waals surface area contributed by atoms with Crippen molar-refractivity contribution in [2.45, 2.75) is 32.2 Å². The Kier molecular flexibility index (Phi) is 7.52. The number of carbonyl (C=O) groups is 2. The Morgan fingerprint density at radius 1 is 1.41 bits per heavy atom. The van der Waals surface area contributed by atoms with Gasteiger partial charge in [-0.15, -0.1) is 0 Å². The minimum atomic E-state index is -1.03. The highest BCUT2D eigenvalue weighted by atomic mass is 35.5. The van der Waals surface area contributed by atoms with Crippen LogP contribution in [0.1, 0.15) is 26.2 Å². The number of rotatable bonds is 9. The van der Waals surface area contributed by atoms with Crippen molar-refractivity contribution in [1.82, 2.24) is 5.32 Å². The van der Waals surface area contributed by atoms with Crippen molar-refractivity contribution < 1.29 is 19.4 Å². The van der Waals surface area contributed by atoms with Gasteiger partial charge in [0, 0.05) is 5.02 Å². The highest BCUT2D eigenvalue weighted by Gasteiger charge is 2.19. The third kappa shape index (κ3) is 5.81. The van der Waals surface area contributed by atoms with Crippen LogP contribution in [0.15, 0.2) is 18.2 Å². The second-order valence-corrected chi connectivity index (χ2v) is 5.24. The topological polar surface area (TPSA) is 87.7 Å². The lowest BCUT2D eigenvalue weighted by molar-refractivity contribution is -0.141. The molecule has 1 amide bonds. The standard InChI is InChI=1S/C15H21ClN2O4/c1-3-4-5-11(15(20)21)18-14(19)9-17-12-8-10(16)6-7-13(12)22-2/h6-8,11,17H,3-5,9H2,1-2H3,(H,18,19)(H,20,21)/t11-/m0/s1. The van der Waals surface area contributed by atoms with E-state index >= 15 is 0 Å². The summed E-state index contributed by atoms with van der Waals surface area (Å²) >= 11 is 5.90. The van der Waals surface area contributed by atoms with E-state index < -0.39 is 17.9 Å². The van der Waals surface area contributed by atoms with Crippen LogP contribution < -0.4 is 15.4 Å². The summed E-state index contributed by atoms with van der Waals surface area (Å²) in [5.74, 6) is -0.870. The van der Waals surface area contributed by atoms with Crippen LogP contribution >= 0.6 is 11.6 Å². The Bertz CT molecular complexity index is 522. The van der Waals surface area contributed by atoms with Gasteiger partial charge in [0.1, 0.15) is 11.8 Å². The Morgan fingerprint density at radius 2 is 2.14 bits per heavy atom. The number of hydrogen-bond donors (Lipinski definition) is 3. The van der Waals surface area contributed by atoms with Gasteiger partial charge in [0.25, 0.3) is 0 Å². The molecule has 0 bridgehead atoms. The number of halogens is 1. The molecule has 0 aromatic heterocycles. The molecule has 0 radical (unpaired) electrons. The number of unbranched alkanes of at least 4 members (excludes halogenated alkanes) is 1. The van der Waals surface area contributed by atoms with Gasteiger partial charge in [-0.05, 0) is 24.6 Å². The molecule has 7 heteroatoms. The van der Waals surface area contributed by atoms with Gasteiger partial charge in [0.15, 0.2) is 0 Å². The quantitative estimate of drug-likeness (QED) is 0.648. The number of hydrogen-bond acceptors (Lipinski definition) is 4. The van der Waals surface area contributed by atoms with Gasteiger partial charge in [-0.3, -0.25) is 4.79 Å². The molecule has 0 spiro atoms. The lowest BCUT2D eigenvalue weighted by Gasteiger charge is -2.15. The third-order valence-electron chi connectivity index (χ3n) is 3.08. The first-order chi connectivity index (χ1) is 10.5. The molecule has 3 N–H and O–H groups in total. The molecule has 1 rings (SSSR count). The number of methoxy groups -OCH3 is 1. The minimum absolute atomic E-state index is 0.0629. The average molecular weight is 329 g/mol. The maximum atomic E-state index is 11.9. The molecule has 1 aromatic rings. The van der Waals surface area contributed by atoms with Crippen molar-refractivity contribution >= 4 is 29.2 Å². The van der Waals surface area contributed by atoms with E-state index in [1.54, 1.807) is 18.2 Å². The molecule has 1 aromatic carbocycles. The number of aliphatic carboxylic acids is 1. The van der Waals surface area contributed by atoms with E-state index in [0.29, 0.717) is 22.9 Å². The average Bonchev–Trinajstić information content (AvgIpc) is 2.49. The molecule has 0 saturated heterocycles. The van der Waals surface area contributed by atoms with Crippen molar-refractivity contribution in [3.8, 4) is 5.75 Å². The smallest absolute Gasteiger partial charge is 0.326 e. The molecule has 0 fully saturated rings. The SMILES string of the molecule is CCCC[C@H](NC(=O)CNc1cc(Cl)ccc1OC)C(=O)O. The maximum absolute atomic E-state index is 11.9. The third-order valence-corrected chi connectivity index (χ3v) is 3.32. The van der Waals surface area contributed by atoms with Crippen LogP contribution in [0.2, 0.25) is 5.02 Å². The van der Waals surface area contributed by atoms with Gasteiger partial charge in [-0.2, -0.15) is 0 Å². The van der Waals surface area contributed by atoms with Crippen LogP contribution in [0.25, 0.3) is 0 Å². The van der Waals surface area contributed by atoms with Crippen molar-refractivity contribution in [2.75, 3.05) is 19.0 Å². The van der Waals surface area contributed by atoms with Gasteiger partial charge in [0.05, 0.1) is 19.3 Å². The van der Waals surface area contributed by atoms with Gasteiger partial charge in [0.2, 0.25) is 5.91 Å². The Balaban J connectivity index is 2.58. The number of anilines is 1. The van der Waals surface area contributed by atoms with E-state index in [-0.39, 0.29) is 6.54 Å². The predicted molar refractivity (Wildman–Crippen MR) is 85.6 cm³/mol. The first-order valence-corrected chi connectivity index (χ1v) is 7.45. The molecule has 0 saturated carbocycles. The summed E-state index contributed by atoms with van der Waals surface area (Å²) in [6, 6.07) is 4.13. The van der Waals surface area contributed by atoms with Gasteiger partial charge in [-0.1, -0.05) is 31.4 Å². The second kappa shape index (κ2) is 9.15. The van der Waals surface area contributed by atoms with E-state index in [2.05, 4.69) is 10.6 Å². The first-order valence-electron chi connectivity index (χ1n) is 7.07. The molecule has 22 heavy (non-hydrogen) atoms. The van der Waals surface area contributed by atoms with Gasteiger partial charge >= 0.3 is 5.97 Å². The van der Waals surface area contributed by atoms with Crippen LogP contribution in [0.5, 0.6) is 5.75 Å². The molecule has 0 unspecified atom stereocenters. The molecule has 0 aliphatic rings. The molecule has 0 heterocycles. The number of benzene rings is 1. The number of carboxylic acid groups (broad SMARTS) is 1. The van der Waals surface area contributed by atoms with Crippen molar-refractivity contribution in [3.63, 3.8) is 0 Å². The van der Waals surface area contributed by atoms with Crippen LogP contribution in [-0.4, -0.2) is 36.7 Å². The fraction of sp³-hybridized carbons (Fsp3) is 0.467. The maximum Gasteiger partial charge on any atom is 0.326 e. The van der Waals surface area contributed by atoms with Crippen LogP contribution in [-0.2, 0) is 9.59 Å². The highest BCUT2D eigenvalue weighted by Crippen LogP contribution is 2.27. The Morgan fingerprint density at radius 3 is 2.73 bits per heavy atom. The molecule has 1 atom stereocenters.